The molecule has 214 valence electrons. The van der Waals surface area contributed by atoms with Gasteiger partial charge in [0.25, 0.3) is 0 Å². The molecule has 2 heterocycles. The van der Waals surface area contributed by atoms with E-state index in [2.05, 4.69) is 174 Å². The third-order valence-electron chi connectivity index (χ3n) is 9.59. The largest absolute Gasteiger partial charge is 0.313 e. The van der Waals surface area contributed by atoms with E-state index in [9.17, 15) is 0 Å². The Morgan fingerprint density at radius 3 is 1.67 bits per heavy atom. The van der Waals surface area contributed by atoms with Crippen LogP contribution in [0.15, 0.2) is 158 Å². The smallest absolute Gasteiger partial charge is 0.0541 e. The Bertz CT molecular complexity index is 2450. The number of hydrogen-bond donors (Lipinski definition) is 0. The minimum Gasteiger partial charge on any atom is -0.313 e. The molecule has 0 saturated heterocycles. The Labute approximate surface area is 262 Å². The van der Waals surface area contributed by atoms with E-state index in [4.69, 9.17) is 0 Å². The van der Waals surface area contributed by atoms with Gasteiger partial charge in [0.05, 0.1) is 22.1 Å². The van der Waals surface area contributed by atoms with Crippen molar-refractivity contribution in [3.63, 3.8) is 0 Å². The van der Waals surface area contributed by atoms with Crippen LogP contribution in [-0.2, 0) is 0 Å². The standard InChI is InChI=1S/C43H32N2/c1-29-26-34(45-41-19-11-9-16-36(41)38-27-31(20-24-43(38)45)30-12-4-2-5-13-30)22-23-35(29)32-21-25-42-39(28-32)37-17-8-10-18-40(37)44(42)33-14-6-3-7-15-33/h2-25,27-29H,26H2,1H3. The highest BCUT2D eigenvalue weighted by Gasteiger charge is 2.22. The van der Waals surface area contributed by atoms with Crippen LogP contribution in [0.3, 0.4) is 0 Å². The normalized spacial score (nSPS) is 15.2. The lowest BCUT2D eigenvalue weighted by molar-refractivity contribution is 0.750. The van der Waals surface area contributed by atoms with Crippen LogP contribution in [0.25, 0.3) is 71.7 Å². The van der Waals surface area contributed by atoms with E-state index in [0.717, 1.165) is 6.42 Å². The van der Waals surface area contributed by atoms with E-state index in [1.165, 1.54) is 77.3 Å². The van der Waals surface area contributed by atoms with Gasteiger partial charge in [0.2, 0.25) is 0 Å². The Balaban J connectivity index is 1.17. The average Bonchev–Trinajstić information content (AvgIpc) is 3.61. The second-order valence-corrected chi connectivity index (χ2v) is 12.3. The van der Waals surface area contributed by atoms with Gasteiger partial charge in [0, 0.05) is 32.9 Å². The maximum absolute atomic E-state index is 2.49. The first-order valence-electron chi connectivity index (χ1n) is 15.8. The van der Waals surface area contributed by atoms with Crippen LogP contribution in [0.2, 0.25) is 0 Å². The lowest BCUT2D eigenvalue weighted by Crippen LogP contribution is -2.08. The van der Waals surface area contributed by atoms with Crippen molar-refractivity contribution in [2.45, 2.75) is 13.3 Å². The second kappa shape index (κ2) is 10.2. The lowest BCUT2D eigenvalue weighted by atomic mass is 9.86. The number of para-hydroxylation sites is 3. The monoisotopic (exact) mass is 576 g/mol. The first-order valence-corrected chi connectivity index (χ1v) is 15.8. The molecule has 1 unspecified atom stereocenters. The van der Waals surface area contributed by atoms with Crippen LogP contribution in [0.5, 0.6) is 0 Å². The molecule has 9 rings (SSSR count). The van der Waals surface area contributed by atoms with Gasteiger partial charge in [-0.15, -0.1) is 0 Å². The van der Waals surface area contributed by atoms with Crippen molar-refractivity contribution in [3.8, 4) is 16.8 Å². The molecule has 0 N–H and O–H groups in total. The zero-order valence-electron chi connectivity index (χ0n) is 25.2. The van der Waals surface area contributed by atoms with Crippen molar-refractivity contribution in [2.75, 3.05) is 0 Å². The molecule has 2 heteroatoms. The van der Waals surface area contributed by atoms with Gasteiger partial charge < -0.3 is 9.13 Å². The van der Waals surface area contributed by atoms with Crippen LogP contribution in [0.4, 0.5) is 0 Å². The van der Waals surface area contributed by atoms with E-state index < -0.39 is 0 Å². The van der Waals surface area contributed by atoms with Gasteiger partial charge in [-0.2, -0.15) is 0 Å². The Morgan fingerprint density at radius 2 is 0.978 bits per heavy atom. The summed E-state index contributed by atoms with van der Waals surface area (Å²) in [6.07, 6.45) is 5.69. The Morgan fingerprint density at radius 1 is 0.444 bits per heavy atom. The molecule has 0 saturated carbocycles. The topological polar surface area (TPSA) is 9.86 Å². The van der Waals surface area contributed by atoms with Crippen molar-refractivity contribution in [1.29, 1.82) is 0 Å². The third kappa shape index (κ3) is 4.10. The molecule has 0 amide bonds. The first-order chi connectivity index (χ1) is 22.2. The minimum absolute atomic E-state index is 0.379. The molecule has 1 aliphatic rings. The summed E-state index contributed by atoms with van der Waals surface area (Å²) < 4.78 is 4.87. The highest BCUT2D eigenvalue weighted by molar-refractivity contribution is 6.12. The number of aromatic nitrogens is 2. The molecule has 0 spiro atoms. The number of rotatable bonds is 4. The van der Waals surface area contributed by atoms with Crippen LogP contribution >= 0.6 is 0 Å². The van der Waals surface area contributed by atoms with Crippen molar-refractivity contribution < 1.29 is 0 Å². The van der Waals surface area contributed by atoms with Crippen LogP contribution in [0, 0.1) is 5.92 Å². The number of hydrogen-bond acceptors (Lipinski definition) is 0. The summed E-state index contributed by atoms with van der Waals surface area (Å²) in [7, 11) is 0. The zero-order chi connectivity index (χ0) is 29.9. The maximum atomic E-state index is 2.49. The van der Waals surface area contributed by atoms with Gasteiger partial charge in [-0.3, -0.25) is 0 Å². The van der Waals surface area contributed by atoms with Crippen molar-refractivity contribution >= 4 is 54.9 Å². The number of benzene rings is 6. The summed E-state index contributed by atoms with van der Waals surface area (Å²) in [4.78, 5) is 0. The Kier molecular flexibility index (Phi) is 5.89. The molecule has 0 aliphatic heterocycles. The molecule has 2 aromatic heterocycles. The highest BCUT2D eigenvalue weighted by atomic mass is 15.0. The fourth-order valence-corrected chi connectivity index (χ4v) is 7.49. The van der Waals surface area contributed by atoms with Gasteiger partial charge in [0.1, 0.15) is 0 Å². The lowest BCUT2D eigenvalue weighted by Gasteiger charge is -2.24. The van der Waals surface area contributed by atoms with Crippen LogP contribution in [-0.4, -0.2) is 9.13 Å². The fraction of sp³-hybridized carbons (Fsp3) is 0.0698. The van der Waals surface area contributed by atoms with Crippen LogP contribution in [0.1, 0.15) is 18.9 Å². The van der Waals surface area contributed by atoms with Gasteiger partial charge >= 0.3 is 0 Å². The predicted molar refractivity (Wildman–Crippen MR) is 192 cm³/mol. The molecular weight excluding hydrogens is 544 g/mol. The van der Waals surface area contributed by atoms with E-state index in [-0.39, 0.29) is 0 Å². The van der Waals surface area contributed by atoms with Crippen molar-refractivity contribution in [3.05, 3.63) is 163 Å². The first kappa shape index (κ1) is 25.9. The van der Waals surface area contributed by atoms with E-state index >= 15 is 0 Å². The average molecular weight is 577 g/mol. The third-order valence-corrected chi connectivity index (χ3v) is 9.59. The summed E-state index contributed by atoms with van der Waals surface area (Å²) in [6, 6.07) is 52.9. The van der Waals surface area contributed by atoms with Gasteiger partial charge in [-0.25, -0.2) is 0 Å². The quantitative estimate of drug-likeness (QED) is 0.197. The summed E-state index contributed by atoms with van der Waals surface area (Å²) in [5.41, 5.74) is 12.7. The van der Waals surface area contributed by atoms with Crippen molar-refractivity contribution in [2.24, 2.45) is 5.92 Å². The zero-order valence-corrected chi connectivity index (χ0v) is 25.2. The van der Waals surface area contributed by atoms with E-state index in [0.29, 0.717) is 5.92 Å². The molecule has 1 aliphatic carbocycles. The molecule has 0 fully saturated rings. The number of nitrogens with zero attached hydrogens (tertiary/aromatic N) is 2. The molecule has 1 atom stereocenters. The van der Waals surface area contributed by atoms with Crippen molar-refractivity contribution in [1.82, 2.24) is 9.13 Å². The van der Waals surface area contributed by atoms with Crippen LogP contribution < -0.4 is 0 Å². The molecule has 2 nitrogen and oxygen atoms in total. The predicted octanol–water partition coefficient (Wildman–Crippen LogP) is 11.5. The maximum Gasteiger partial charge on any atom is 0.0541 e. The van der Waals surface area contributed by atoms with Gasteiger partial charge in [0.15, 0.2) is 0 Å². The molecule has 0 radical (unpaired) electrons. The van der Waals surface area contributed by atoms with E-state index in [1.807, 2.05) is 0 Å². The number of allylic oxidation sites excluding steroid dienone is 4. The summed E-state index contributed by atoms with van der Waals surface area (Å²) in [6.45, 7) is 2.37. The number of fused-ring (bicyclic) bond motifs is 6. The van der Waals surface area contributed by atoms with Gasteiger partial charge in [-0.1, -0.05) is 110 Å². The fourth-order valence-electron chi connectivity index (χ4n) is 7.49. The van der Waals surface area contributed by atoms with Gasteiger partial charge in [-0.05, 0) is 89.2 Å². The Hall–Kier alpha value is -5.60. The van der Waals surface area contributed by atoms with E-state index in [1.54, 1.807) is 0 Å². The summed E-state index contributed by atoms with van der Waals surface area (Å²) >= 11 is 0. The molecule has 8 aromatic rings. The second-order valence-electron chi connectivity index (χ2n) is 12.3. The minimum atomic E-state index is 0.379. The highest BCUT2D eigenvalue weighted by Crippen LogP contribution is 2.41. The molecular formula is C43H32N2. The summed E-state index contributed by atoms with van der Waals surface area (Å²) in [5, 5.41) is 5.19. The molecule has 6 aromatic carbocycles. The molecule has 45 heavy (non-hydrogen) atoms. The SMILES string of the molecule is CC1CC(n2c3ccccc3c3cc(-c4ccccc4)ccc32)=CC=C1c1ccc2c(c1)c1ccccc1n2-c1ccccc1. The summed E-state index contributed by atoms with van der Waals surface area (Å²) in [5.74, 6) is 0.379. The molecule has 0 bridgehead atoms.